The molecule has 116 valence electrons. The van der Waals surface area contributed by atoms with Crippen molar-refractivity contribution in [1.29, 1.82) is 0 Å². The van der Waals surface area contributed by atoms with E-state index in [4.69, 9.17) is 0 Å². The van der Waals surface area contributed by atoms with Crippen molar-refractivity contribution in [2.75, 3.05) is 0 Å². The first-order valence-electron chi connectivity index (χ1n) is 6.76. The molecule has 0 spiro atoms. The number of hydrogen-bond acceptors (Lipinski definition) is 3. The lowest BCUT2D eigenvalue weighted by molar-refractivity contribution is -0.384. The standard InChI is InChI=1S/C16H11Br2N3O2/c17-14-15(18)20(10-11-5-2-1-3-6-11)16(19-14)12-7-4-8-13(9-12)21(22)23/h1-9H,10H2. The average Bonchev–Trinajstić information content (AvgIpc) is 2.84. The summed E-state index contributed by atoms with van der Waals surface area (Å²) in [6.45, 7) is 0.609. The van der Waals surface area contributed by atoms with Crippen LogP contribution in [0.2, 0.25) is 0 Å². The molecule has 0 saturated heterocycles. The Bertz CT molecular complexity index is 863. The van der Waals surface area contributed by atoms with Crippen LogP contribution in [0, 0.1) is 10.1 Å². The monoisotopic (exact) mass is 435 g/mol. The van der Waals surface area contributed by atoms with Crippen LogP contribution >= 0.6 is 31.9 Å². The third-order valence-corrected chi connectivity index (χ3v) is 5.25. The van der Waals surface area contributed by atoms with Gasteiger partial charge in [-0.25, -0.2) is 4.98 Å². The number of non-ortho nitro benzene ring substituents is 1. The largest absolute Gasteiger partial charge is 0.313 e. The lowest BCUT2D eigenvalue weighted by Crippen LogP contribution is -2.03. The van der Waals surface area contributed by atoms with Gasteiger partial charge in [0.15, 0.2) is 0 Å². The van der Waals surface area contributed by atoms with Crippen LogP contribution in [-0.4, -0.2) is 14.5 Å². The maximum atomic E-state index is 11.0. The highest BCUT2D eigenvalue weighted by atomic mass is 79.9. The zero-order chi connectivity index (χ0) is 16.4. The summed E-state index contributed by atoms with van der Waals surface area (Å²) in [5, 5.41) is 11.0. The van der Waals surface area contributed by atoms with Gasteiger partial charge in [-0.3, -0.25) is 10.1 Å². The number of aromatic nitrogens is 2. The summed E-state index contributed by atoms with van der Waals surface area (Å²) in [6.07, 6.45) is 0. The van der Waals surface area contributed by atoms with Gasteiger partial charge in [-0.1, -0.05) is 42.5 Å². The van der Waals surface area contributed by atoms with E-state index in [1.165, 1.54) is 12.1 Å². The lowest BCUT2D eigenvalue weighted by Gasteiger charge is -2.09. The zero-order valence-electron chi connectivity index (χ0n) is 11.8. The summed E-state index contributed by atoms with van der Waals surface area (Å²) in [6, 6.07) is 16.4. The van der Waals surface area contributed by atoms with Crippen molar-refractivity contribution >= 4 is 37.5 Å². The molecule has 0 aliphatic carbocycles. The molecule has 0 bridgehead atoms. The first-order valence-corrected chi connectivity index (χ1v) is 8.35. The van der Waals surface area contributed by atoms with Gasteiger partial charge < -0.3 is 4.57 Å². The minimum Gasteiger partial charge on any atom is -0.313 e. The van der Waals surface area contributed by atoms with Crippen LogP contribution in [-0.2, 0) is 6.54 Å². The van der Waals surface area contributed by atoms with E-state index in [0.717, 1.165) is 10.2 Å². The maximum absolute atomic E-state index is 11.0. The third kappa shape index (κ3) is 3.35. The van der Waals surface area contributed by atoms with Crippen molar-refractivity contribution in [1.82, 2.24) is 9.55 Å². The number of nitro groups is 1. The van der Waals surface area contributed by atoms with Crippen molar-refractivity contribution in [3.05, 3.63) is 79.5 Å². The van der Waals surface area contributed by atoms with E-state index < -0.39 is 4.92 Å². The first kappa shape index (κ1) is 15.9. The first-order chi connectivity index (χ1) is 11.1. The Morgan fingerprint density at radius 3 is 2.52 bits per heavy atom. The van der Waals surface area contributed by atoms with Crippen LogP contribution in [0.4, 0.5) is 5.69 Å². The predicted molar refractivity (Wildman–Crippen MR) is 95.3 cm³/mol. The minimum atomic E-state index is -0.405. The molecule has 0 N–H and O–H groups in total. The van der Waals surface area contributed by atoms with Gasteiger partial charge in [0.05, 0.1) is 11.5 Å². The van der Waals surface area contributed by atoms with Crippen molar-refractivity contribution in [2.24, 2.45) is 0 Å². The molecule has 0 fully saturated rings. The number of hydrogen-bond donors (Lipinski definition) is 0. The average molecular weight is 437 g/mol. The molecular weight excluding hydrogens is 426 g/mol. The van der Waals surface area contributed by atoms with Crippen molar-refractivity contribution in [2.45, 2.75) is 6.54 Å². The second-order valence-corrected chi connectivity index (χ2v) is 6.40. The highest BCUT2D eigenvalue weighted by Crippen LogP contribution is 2.31. The van der Waals surface area contributed by atoms with Gasteiger partial charge in [-0.2, -0.15) is 0 Å². The van der Waals surface area contributed by atoms with Crippen LogP contribution in [0.3, 0.4) is 0 Å². The molecule has 0 saturated carbocycles. The molecule has 0 aliphatic heterocycles. The summed E-state index contributed by atoms with van der Waals surface area (Å²) in [5.41, 5.74) is 1.86. The van der Waals surface area contributed by atoms with E-state index >= 15 is 0 Å². The Balaban J connectivity index is 2.08. The lowest BCUT2D eigenvalue weighted by atomic mass is 10.2. The molecular formula is C16H11Br2N3O2. The fourth-order valence-corrected chi connectivity index (χ4v) is 3.06. The summed E-state index contributed by atoms with van der Waals surface area (Å²) >= 11 is 6.94. The van der Waals surface area contributed by atoms with Gasteiger partial charge in [0.1, 0.15) is 15.0 Å². The molecule has 23 heavy (non-hydrogen) atoms. The number of imidazole rings is 1. The van der Waals surface area contributed by atoms with Gasteiger partial charge in [0.2, 0.25) is 0 Å². The number of nitro benzene ring substituents is 1. The summed E-state index contributed by atoms with van der Waals surface area (Å²) in [4.78, 5) is 15.1. The SMILES string of the molecule is O=[N+]([O-])c1cccc(-c2nc(Br)c(Br)n2Cc2ccccc2)c1. The molecule has 3 aromatic rings. The third-order valence-electron chi connectivity index (χ3n) is 3.37. The summed E-state index contributed by atoms with van der Waals surface area (Å²) < 4.78 is 3.43. The van der Waals surface area contributed by atoms with E-state index in [2.05, 4.69) is 36.8 Å². The van der Waals surface area contributed by atoms with Crippen molar-refractivity contribution < 1.29 is 4.92 Å². The minimum absolute atomic E-state index is 0.0454. The Morgan fingerprint density at radius 1 is 1.09 bits per heavy atom. The molecule has 5 nitrogen and oxygen atoms in total. The van der Waals surface area contributed by atoms with Gasteiger partial charge in [0.25, 0.3) is 5.69 Å². The van der Waals surface area contributed by atoms with Gasteiger partial charge in [-0.15, -0.1) is 0 Å². The molecule has 1 heterocycles. The van der Waals surface area contributed by atoms with E-state index in [1.807, 2.05) is 41.0 Å². The van der Waals surface area contributed by atoms with E-state index in [1.54, 1.807) is 6.07 Å². The fourth-order valence-electron chi connectivity index (χ4n) is 2.29. The van der Waals surface area contributed by atoms with Crippen LogP contribution in [0.15, 0.2) is 63.8 Å². The molecule has 3 rings (SSSR count). The normalized spacial score (nSPS) is 10.7. The molecule has 0 atom stereocenters. The van der Waals surface area contributed by atoms with Crippen LogP contribution in [0.1, 0.15) is 5.56 Å². The molecule has 0 radical (unpaired) electrons. The highest BCUT2D eigenvalue weighted by Gasteiger charge is 2.17. The van der Waals surface area contributed by atoms with Gasteiger partial charge in [0, 0.05) is 17.7 Å². The van der Waals surface area contributed by atoms with E-state index in [0.29, 0.717) is 22.5 Å². The summed E-state index contributed by atoms with van der Waals surface area (Å²) in [5.74, 6) is 0.663. The number of benzene rings is 2. The Morgan fingerprint density at radius 2 is 1.83 bits per heavy atom. The summed E-state index contributed by atoms with van der Waals surface area (Å²) in [7, 11) is 0. The molecule has 2 aromatic carbocycles. The number of halogens is 2. The Hall–Kier alpha value is -1.99. The molecule has 0 amide bonds. The van der Waals surface area contributed by atoms with E-state index in [-0.39, 0.29) is 5.69 Å². The second kappa shape index (κ2) is 6.64. The predicted octanol–water partition coefficient (Wildman–Crippen LogP) is 5.03. The van der Waals surface area contributed by atoms with Crippen molar-refractivity contribution in [3.63, 3.8) is 0 Å². The topological polar surface area (TPSA) is 61.0 Å². The molecule has 1 aromatic heterocycles. The van der Waals surface area contributed by atoms with Crippen molar-refractivity contribution in [3.8, 4) is 11.4 Å². The quantitative estimate of drug-likeness (QED) is 0.425. The molecule has 0 aliphatic rings. The van der Waals surface area contributed by atoms with Crippen LogP contribution in [0.5, 0.6) is 0 Å². The zero-order valence-corrected chi connectivity index (χ0v) is 15.0. The second-order valence-electron chi connectivity index (χ2n) is 4.90. The van der Waals surface area contributed by atoms with Gasteiger partial charge >= 0.3 is 0 Å². The highest BCUT2D eigenvalue weighted by molar-refractivity contribution is 9.13. The Labute approximate surface area is 149 Å². The van der Waals surface area contributed by atoms with Crippen LogP contribution < -0.4 is 0 Å². The fraction of sp³-hybridized carbons (Fsp3) is 0.0625. The Kier molecular flexibility index (Phi) is 4.58. The van der Waals surface area contributed by atoms with Gasteiger partial charge in [-0.05, 0) is 37.4 Å². The molecule has 0 unspecified atom stereocenters. The smallest absolute Gasteiger partial charge is 0.270 e. The number of nitrogens with zero attached hydrogens (tertiary/aromatic N) is 3. The van der Waals surface area contributed by atoms with Crippen LogP contribution in [0.25, 0.3) is 11.4 Å². The maximum Gasteiger partial charge on any atom is 0.270 e. The molecule has 7 heteroatoms. The van der Waals surface area contributed by atoms with E-state index in [9.17, 15) is 10.1 Å². The number of rotatable bonds is 4.